The SMILES string of the molecule is N/C(=N/O)c1cccc(CSc2ccc(F)cc2F)c1F. The number of amidine groups is 1. The standard InChI is InChI=1S/C14H11F3N2OS/c15-9-4-5-12(11(16)6-9)21-7-8-2-1-3-10(13(8)17)14(18)19-20/h1-6,20H,7H2,(H2,18,19). The van der Waals surface area contributed by atoms with Crippen LogP contribution in [-0.4, -0.2) is 11.0 Å². The van der Waals surface area contributed by atoms with E-state index in [4.69, 9.17) is 10.9 Å². The van der Waals surface area contributed by atoms with Crippen molar-refractivity contribution in [1.29, 1.82) is 0 Å². The van der Waals surface area contributed by atoms with Crippen molar-refractivity contribution >= 4 is 17.6 Å². The predicted molar refractivity (Wildman–Crippen MR) is 74.8 cm³/mol. The van der Waals surface area contributed by atoms with Crippen molar-refractivity contribution in [1.82, 2.24) is 0 Å². The molecule has 0 saturated carbocycles. The molecule has 0 atom stereocenters. The van der Waals surface area contributed by atoms with E-state index < -0.39 is 17.5 Å². The van der Waals surface area contributed by atoms with Crippen LogP contribution in [0.3, 0.4) is 0 Å². The topological polar surface area (TPSA) is 58.6 Å². The lowest BCUT2D eigenvalue weighted by Crippen LogP contribution is -2.15. The summed E-state index contributed by atoms with van der Waals surface area (Å²) in [5, 5.41) is 11.3. The maximum absolute atomic E-state index is 14.1. The van der Waals surface area contributed by atoms with E-state index in [-0.39, 0.29) is 27.6 Å². The Hall–Kier alpha value is -2.15. The van der Waals surface area contributed by atoms with E-state index in [1.54, 1.807) is 6.07 Å². The molecule has 3 nitrogen and oxygen atoms in total. The highest BCUT2D eigenvalue weighted by atomic mass is 32.2. The van der Waals surface area contributed by atoms with Gasteiger partial charge in [-0.2, -0.15) is 0 Å². The van der Waals surface area contributed by atoms with E-state index in [0.717, 1.165) is 23.9 Å². The van der Waals surface area contributed by atoms with Crippen molar-refractivity contribution in [3.8, 4) is 0 Å². The average Bonchev–Trinajstić information content (AvgIpc) is 2.47. The first-order valence-electron chi connectivity index (χ1n) is 5.86. The van der Waals surface area contributed by atoms with Gasteiger partial charge in [-0.05, 0) is 23.8 Å². The van der Waals surface area contributed by atoms with Gasteiger partial charge in [0.1, 0.15) is 17.5 Å². The molecule has 2 aromatic rings. The lowest BCUT2D eigenvalue weighted by molar-refractivity contribution is 0.318. The number of hydrogen-bond donors (Lipinski definition) is 2. The highest BCUT2D eigenvalue weighted by molar-refractivity contribution is 7.98. The number of thioether (sulfide) groups is 1. The fourth-order valence-electron chi connectivity index (χ4n) is 1.69. The molecule has 3 N–H and O–H groups in total. The lowest BCUT2D eigenvalue weighted by Gasteiger charge is -2.08. The average molecular weight is 312 g/mol. The molecule has 0 radical (unpaired) electrons. The Morgan fingerprint density at radius 3 is 2.62 bits per heavy atom. The van der Waals surface area contributed by atoms with Crippen LogP contribution in [0.1, 0.15) is 11.1 Å². The van der Waals surface area contributed by atoms with Crippen molar-refractivity contribution in [3.05, 3.63) is 65.0 Å². The highest BCUT2D eigenvalue weighted by Crippen LogP contribution is 2.27. The van der Waals surface area contributed by atoms with Crippen molar-refractivity contribution < 1.29 is 18.4 Å². The van der Waals surface area contributed by atoms with E-state index >= 15 is 0 Å². The summed E-state index contributed by atoms with van der Waals surface area (Å²) >= 11 is 1.03. The number of benzene rings is 2. The van der Waals surface area contributed by atoms with Gasteiger partial charge in [0.25, 0.3) is 0 Å². The zero-order valence-electron chi connectivity index (χ0n) is 10.7. The molecule has 0 aliphatic rings. The molecular weight excluding hydrogens is 301 g/mol. The normalized spacial score (nSPS) is 11.7. The summed E-state index contributed by atoms with van der Waals surface area (Å²) in [6.45, 7) is 0. The maximum atomic E-state index is 14.1. The molecule has 110 valence electrons. The van der Waals surface area contributed by atoms with Crippen molar-refractivity contribution in [2.45, 2.75) is 10.6 Å². The highest BCUT2D eigenvalue weighted by Gasteiger charge is 2.12. The van der Waals surface area contributed by atoms with Crippen LogP contribution in [0.4, 0.5) is 13.2 Å². The van der Waals surface area contributed by atoms with Crippen LogP contribution < -0.4 is 5.73 Å². The summed E-state index contributed by atoms with van der Waals surface area (Å²) in [6, 6.07) is 7.63. The first-order valence-corrected chi connectivity index (χ1v) is 6.84. The van der Waals surface area contributed by atoms with Gasteiger partial charge in [-0.3, -0.25) is 0 Å². The minimum absolute atomic E-state index is 0.0322. The number of hydrogen-bond acceptors (Lipinski definition) is 3. The fraction of sp³-hybridized carbons (Fsp3) is 0.0714. The molecule has 0 heterocycles. The third-order valence-electron chi connectivity index (χ3n) is 2.74. The van der Waals surface area contributed by atoms with E-state index in [2.05, 4.69) is 5.16 Å². The Balaban J connectivity index is 2.21. The Kier molecular flexibility index (Phi) is 4.74. The Labute approximate surface area is 123 Å². The third kappa shape index (κ3) is 3.49. The summed E-state index contributed by atoms with van der Waals surface area (Å²) in [7, 11) is 0. The zero-order valence-corrected chi connectivity index (χ0v) is 11.5. The molecule has 0 fully saturated rings. The van der Waals surface area contributed by atoms with Gasteiger partial charge in [0.15, 0.2) is 5.84 Å². The molecule has 7 heteroatoms. The number of nitrogens with zero attached hydrogens (tertiary/aromatic N) is 1. The Bertz CT molecular complexity index is 692. The quantitative estimate of drug-likeness (QED) is 0.299. The van der Waals surface area contributed by atoms with Crippen LogP contribution in [-0.2, 0) is 5.75 Å². The van der Waals surface area contributed by atoms with Gasteiger partial charge in [-0.15, -0.1) is 11.8 Å². The van der Waals surface area contributed by atoms with Crippen molar-refractivity contribution in [3.63, 3.8) is 0 Å². The molecule has 0 spiro atoms. The summed E-state index contributed by atoms with van der Waals surface area (Å²) in [6.07, 6.45) is 0. The molecule has 0 amide bonds. The Morgan fingerprint density at radius 1 is 1.19 bits per heavy atom. The van der Waals surface area contributed by atoms with Gasteiger partial charge in [-0.25, -0.2) is 13.2 Å². The van der Waals surface area contributed by atoms with Crippen molar-refractivity contribution in [2.75, 3.05) is 0 Å². The summed E-state index contributed by atoms with van der Waals surface area (Å²) < 4.78 is 40.4. The van der Waals surface area contributed by atoms with E-state index in [9.17, 15) is 13.2 Å². The third-order valence-corrected chi connectivity index (χ3v) is 3.84. The molecule has 0 aromatic heterocycles. The van der Waals surface area contributed by atoms with Gasteiger partial charge < -0.3 is 10.9 Å². The van der Waals surface area contributed by atoms with Crippen molar-refractivity contribution in [2.24, 2.45) is 10.9 Å². The monoisotopic (exact) mass is 312 g/mol. The first kappa shape index (κ1) is 15.2. The van der Waals surface area contributed by atoms with Gasteiger partial charge in [-0.1, -0.05) is 17.3 Å². The van der Waals surface area contributed by atoms with Gasteiger partial charge in [0.2, 0.25) is 0 Å². The summed E-state index contributed by atoms with van der Waals surface area (Å²) in [5.74, 6) is -2.22. The van der Waals surface area contributed by atoms with Gasteiger partial charge >= 0.3 is 0 Å². The second kappa shape index (κ2) is 6.53. The van der Waals surface area contributed by atoms with Crippen LogP contribution in [0.25, 0.3) is 0 Å². The summed E-state index contributed by atoms with van der Waals surface area (Å²) in [5.41, 5.74) is 5.60. The second-order valence-electron chi connectivity index (χ2n) is 4.13. The van der Waals surface area contributed by atoms with Crippen LogP contribution >= 0.6 is 11.8 Å². The van der Waals surface area contributed by atoms with Crippen LogP contribution in [0.5, 0.6) is 0 Å². The number of rotatable bonds is 4. The minimum atomic E-state index is -0.701. The van der Waals surface area contributed by atoms with E-state index in [1.807, 2.05) is 0 Å². The number of nitrogens with two attached hydrogens (primary N) is 1. The molecule has 2 rings (SSSR count). The fourth-order valence-corrected chi connectivity index (χ4v) is 2.59. The largest absolute Gasteiger partial charge is 0.409 e. The molecule has 0 bridgehead atoms. The van der Waals surface area contributed by atoms with E-state index in [0.29, 0.717) is 0 Å². The molecule has 2 aromatic carbocycles. The Morgan fingerprint density at radius 2 is 1.95 bits per heavy atom. The minimum Gasteiger partial charge on any atom is -0.409 e. The van der Waals surface area contributed by atoms with Crippen LogP contribution in [0.2, 0.25) is 0 Å². The summed E-state index contributed by atoms with van der Waals surface area (Å²) in [4.78, 5) is 0.213. The van der Waals surface area contributed by atoms with Gasteiger partial charge in [0.05, 0.1) is 5.56 Å². The maximum Gasteiger partial charge on any atom is 0.173 e. The molecule has 21 heavy (non-hydrogen) atoms. The molecule has 0 aliphatic carbocycles. The predicted octanol–water partition coefficient (Wildman–Crippen LogP) is 3.49. The lowest BCUT2D eigenvalue weighted by atomic mass is 10.1. The number of oxime groups is 1. The smallest absolute Gasteiger partial charge is 0.173 e. The number of halogens is 3. The zero-order chi connectivity index (χ0) is 15.4. The molecule has 0 aliphatic heterocycles. The van der Waals surface area contributed by atoms with Crippen LogP contribution in [0, 0.1) is 17.5 Å². The molecule has 0 unspecified atom stereocenters. The molecule has 0 saturated heterocycles. The first-order chi connectivity index (χ1) is 10.0. The second-order valence-corrected chi connectivity index (χ2v) is 5.14. The van der Waals surface area contributed by atoms with Gasteiger partial charge in [0, 0.05) is 16.7 Å². The molecular formula is C14H11F3N2OS. The van der Waals surface area contributed by atoms with E-state index in [1.165, 1.54) is 18.2 Å². The van der Waals surface area contributed by atoms with Crippen LogP contribution in [0.15, 0.2) is 46.4 Å².